The number of nitrogens with zero attached hydrogens (tertiary/aromatic N) is 1. The Hall–Kier alpha value is -2.07. The van der Waals surface area contributed by atoms with Crippen LogP contribution in [0, 0.1) is 6.92 Å². The lowest BCUT2D eigenvalue weighted by molar-refractivity contribution is 0.0778. The number of nitrogens with one attached hydrogen (secondary N) is 1. The summed E-state index contributed by atoms with van der Waals surface area (Å²) < 4.78 is 0. The summed E-state index contributed by atoms with van der Waals surface area (Å²) in [6.07, 6.45) is 0. The molecule has 0 aliphatic carbocycles. The van der Waals surface area contributed by atoms with E-state index in [1.165, 1.54) is 22.3 Å². The molecule has 1 aromatic carbocycles. The predicted octanol–water partition coefficient (Wildman–Crippen LogP) is 4.69. The quantitative estimate of drug-likeness (QED) is 0.745. The maximum atomic E-state index is 12.7. The fourth-order valence-corrected chi connectivity index (χ4v) is 3.74. The van der Waals surface area contributed by atoms with Crippen LogP contribution in [0.2, 0.25) is 0 Å². The molecule has 0 saturated heterocycles. The van der Waals surface area contributed by atoms with Crippen molar-refractivity contribution in [2.75, 3.05) is 13.1 Å². The van der Waals surface area contributed by atoms with Crippen molar-refractivity contribution in [3.63, 3.8) is 0 Å². The minimum atomic E-state index is 0.119. The Kier molecular flexibility index (Phi) is 4.03. The zero-order chi connectivity index (χ0) is 15.7. The number of carbonyl (C=O) groups excluding carboxylic acids is 1. The van der Waals surface area contributed by atoms with Crippen molar-refractivity contribution in [2.24, 2.45) is 0 Å². The molecule has 3 nitrogen and oxygen atoms in total. The summed E-state index contributed by atoms with van der Waals surface area (Å²) >= 11 is 1.52. The molecule has 0 atom stereocenters. The van der Waals surface area contributed by atoms with Crippen molar-refractivity contribution in [3.8, 4) is 11.3 Å². The van der Waals surface area contributed by atoms with Gasteiger partial charge in [0.05, 0.1) is 5.69 Å². The van der Waals surface area contributed by atoms with E-state index in [0.717, 1.165) is 34.7 Å². The average molecular weight is 312 g/mol. The third kappa shape index (κ3) is 2.33. The molecule has 22 heavy (non-hydrogen) atoms. The summed E-state index contributed by atoms with van der Waals surface area (Å²) in [5.74, 6) is 0.119. The highest BCUT2D eigenvalue weighted by Crippen LogP contribution is 2.34. The van der Waals surface area contributed by atoms with Gasteiger partial charge in [0.25, 0.3) is 5.91 Å². The molecule has 0 fully saturated rings. The van der Waals surface area contributed by atoms with Crippen molar-refractivity contribution in [1.82, 2.24) is 9.88 Å². The van der Waals surface area contributed by atoms with Gasteiger partial charge in [-0.05, 0) is 43.8 Å². The van der Waals surface area contributed by atoms with Crippen LogP contribution in [-0.4, -0.2) is 28.9 Å². The molecule has 0 saturated carbocycles. The molecule has 0 bridgehead atoms. The Balaban J connectivity index is 2.11. The number of aromatic amines is 1. The van der Waals surface area contributed by atoms with Crippen LogP contribution in [-0.2, 0) is 0 Å². The highest BCUT2D eigenvalue weighted by Gasteiger charge is 2.21. The highest BCUT2D eigenvalue weighted by molar-refractivity contribution is 7.12. The minimum Gasteiger partial charge on any atom is -0.354 e. The summed E-state index contributed by atoms with van der Waals surface area (Å²) in [5.41, 5.74) is 4.37. The van der Waals surface area contributed by atoms with E-state index in [1.807, 2.05) is 42.3 Å². The molecule has 0 spiro atoms. The number of rotatable bonds is 4. The average Bonchev–Trinajstić information content (AvgIpc) is 3.13. The third-order valence-corrected chi connectivity index (χ3v) is 5.05. The number of fused-ring (bicyclic) bond motifs is 1. The number of aromatic nitrogens is 1. The fourth-order valence-electron chi connectivity index (χ4n) is 2.88. The molecule has 2 heterocycles. The Morgan fingerprint density at radius 3 is 2.59 bits per heavy atom. The summed E-state index contributed by atoms with van der Waals surface area (Å²) in [5, 5.41) is 3.21. The van der Waals surface area contributed by atoms with E-state index < -0.39 is 0 Å². The lowest BCUT2D eigenvalue weighted by Gasteiger charge is -2.18. The monoisotopic (exact) mass is 312 g/mol. The smallest absolute Gasteiger partial charge is 0.264 e. The maximum absolute atomic E-state index is 12.7. The molecule has 1 N–H and O–H groups in total. The van der Waals surface area contributed by atoms with Gasteiger partial charge in [-0.1, -0.05) is 18.2 Å². The normalized spacial score (nSPS) is 11.0. The van der Waals surface area contributed by atoms with Crippen LogP contribution in [0.25, 0.3) is 22.2 Å². The van der Waals surface area contributed by atoms with Crippen molar-refractivity contribution < 1.29 is 4.79 Å². The number of amides is 1. The highest BCUT2D eigenvalue weighted by atomic mass is 32.1. The number of aryl methyl sites for hydroxylation is 1. The van der Waals surface area contributed by atoms with Gasteiger partial charge in [0.15, 0.2) is 0 Å². The van der Waals surface area contributed by atoms with Gasteiger partial charge in [0.2, 0.25) is 0 Å². The fraction of sp³-hybridized carbons (Fsp3) is 0.278. The number of hydrogen-bond acceptors (Lipinski definition) is 2. The zero-order valence-electron chi connectivity index (χ0n) is 13.1. The Labute approximate surface area is 134 Å². The summed E-state index contributed by atoms with van der Waals surface area (Å²) in [4.78, 5) is 18.9. The maximum Gasteiger partial charge on any atom is 0.264 e. The minimum absolute atomic E-state index is 0.119. The van der Waals surface area contributed by atoms with Gasteiger partial charge in [-0.15, -0.1) is 11.3 Å². The third-order valence-electron chi connectivity index (χ3n) is 4.15. The van der Waals surface area contributed by atoms with Crippen LogP contribution in [0.4, 0.5) is 0 Å². The van der Waals surface area contributed by atoms with E-state index >= 15 is 0 Å². The molecule has 114 valence electrons. The topological polar surface area (TPSA) is 36.1 Å². The van der Waals surface area contributed by atoms with Gasteiger partial charge in [-0.25, -0.2) is 0 Å². The molecule has 1 amide bonds. The molecule has 0 aliphatic rings. The van der Waals surface area contributed by atoms with Crippen LogP contribution < -0.4 is 0 Å². The van der Waals surface area contributed by atoms with Gasteiger partial charge >= 0.3 is 0 Å². The first-order valence-electron chi connectivity index (χ1n) is 7.61. The zero-order valence-corrected chi connectivity index (χ0v) is 14.0. The Morgan fingerprint density at radius 1 is 1.18 bits per heavy atom. The number of carbonyl (C=O) groups is 1. The van der Waals surface area contributed by atoms with Crippen LogP contribution in [0.3, 0.4) is 0 Å². The number of para-hydroxylation sites is 1. The number of benzene rings is 1. The predicted molar refractivity (Wildman–Crippen MR) is 93.6 cm³/mol. The van der Waals surface area contributed by atoms with Crippen LogP contribution in [0.1, 0.15) is 29.1 Å². The van der Waals surface area contributed by atoms with Crippen molar-refractivity contribution in [1.29, 1.82) is 0 Å². The van der Waals surface area contributed by atoms with Crippen molar-refractivity contribution in [2.45, 2.75) is 20.8 Å². The largest absolute Gasteiger partial charge is 0.354 e. The van der Waals surface area contributed by atoms with Gasteiger partial charge < -0.3 is 9.88 Å². The van der Waals surface area contributed by atoms with Crippen LogP contribution >= 0.6 is 11.3 Å². The summed E-state index contributed by atoms with van der Waals surface area (Å²) in [6, 6.07) is 10.3. The molecule has 0 aliphatic heterocycles. The first-order chi connectivity index (χ1) is 10.7. The molecular formula is C18H20N2OS. The Morgan fingerprint density at radius 2 is 1.91 bits per heavy atom. The van der Waals surface area contributed by atoms with E-state index in [9.17, 15) is 4.79 Å². The molecule has 3 rings (SSSR count). The number of thiophene rings is 1. The van der Waals surface area contributed by atoms with E-state index in [2.05, 4.69) is 24.0 Å². The van der Waals surface area contributed by atoms with E-state index in [-0.39, 0.29) is 5.91 Å². The molecular weight excluding hydrogens is 292 g/mol. The SMILES string of the molecule is CCN(CC)C(=O)c1sccc1-c1[nH]c2ccccc2c1C. The molecule has 0 unspecified atom stereocenters. The summed E-state index contributed by atoms with van der Waals surface area (Å²) in [7, 11) is 0. The second-order valence-corrected chi connectivity index (χ2v) is 6.23. The molecule has 2 aromatic heterocycles. The van der Waals surface area contributed by atoms with E-state index in [0.29, 0.717) is 0 Å². The van der Waals surface area contributed by atoms with E-state index in [1.54, 1.807) is 0 Å². The van der Waals surface area contributed by atoms with Crippen LogP contribution in [0.15, 0.2) is 35.7 Å². The molecule has 3 aromatic rings. The summed E-state index contributed by atoms with van der Waals surface area (Å²) in [6.45, 7) is 7.61. The van der Waals surface area contributed by atoms with Gasteiger partial charge in [-0.2, -0.15) is 0 Å². The molecule has 4 heteroatoms. The Bertz CT molecular complexity index is 811. The van der Waals surface area contributed by atoms with Gasteiger partial charge in [0.1, 0.15) is 4.88 Å². The number of hydrogen-bond donors (Lipinski definition) is 1. The standard InChI is InChI=1S/C18H20N2OS/c1-4-20(5-2)18(21)17-14(10-11-22-17)16-12(3)13-8-6-7-9-15(13)19-16/h6-11,19H,4-5H2,1-3H3. The van der Waals surface area contributed by atoms with Crippen LogP contribution in [0.5, 0.6) is 0 Å². The number of H-pyrrole nitrogens is 1. The van der Waals surface area contributed by atoms with Crippen molar-refractivity contribution in [3.05, 3.63) is 46.2 Å². The van der Waals surface area contributed by atoms with Gasteiger partial charge in [-0.3, -0.25) is 4.79 Å². The van der Waals surface area contributed by atoms with Crippen molar-refractivity contribution >= 4 is 28.1 Å². The second kappa shape index (κ2) is 5.97. The first kappa shape index (κ1) is 14.9. The van der Waals surface area contributed by atoms with Gasteiger partial charge in [0, 0.05) is 29.6 Å². The second-order valence-electron chi connectivity index (χ2n) is 5.31. The lowest BCUT2D eigenvalue weighted by atomic mass is 10.1. The molecule has 0 radical (unpaired) electrons. The first-order valence-corrected chi connectivity index (χ1v) is 8.49. The van der Waals surface area contributed by atoms with E-state index in [4.69, 9.17) is 0 Å². The lowest BCUT2D eigenvalue weighted by Crippen LogP contribution is -2.30.